The topological polar surface area (TPSA) is 61.5 Å². The molecule has 0 aromatic heterocycles. The summed E-state index contributed by atoms with van der Waals surface area (Å²) in [5.41, 5.74) is 7.12. The van der Waals surface area contributed by atoms with Crippen LogP contribution in [0.5, 0.6) is 5.75 Å². The molecule has 4 nitrogen and oxygen atoms in total. The van der Waals surface area contributed by atoms with E-state index in [0.29, 0.717) is 18.8 Å². The van der Waals surface area contributed by atoms with Gasteiger partial charge in [0.05, 0.1) is 6.61 Å². The largest absolute Gasteiger partial charge is 0.479 e. The molecule has 4 heteroatoms. The van der Waals surface area contributed by atoms with Gasteiger partial charge in [0, 0.05) is 6.04 Å². The second-order valence-corrected chi connectivity index (χ2v) is 5.16. The molecule has 21 heavy (non-hydrogen) atoms. The molecule has 0 aliphatic carbocycles. The maximum Gasteiger partial charge on any atom is 0.347 e. The average Bonchev–Trinajstić information content (AvgIpc) is 2.48. The molecule has 0 heterocycles. The van der Waals surface area contributed by atoms with E-state index in [1.165, 1.54) is 5.56 Å². The molecule has 1 aromatic carbocycles. The second-order valence-electron chi connectivity index (χ2n) is 5.16. The summed E-state index contributed by atoms with van der Waals surface area (Å²) in [6.07, 6.45) is 2.81. The molecule has 0 bridgehead atoms. The first-order chi connectivity index (χ1) is 10.1. The highest BCUT2D eigenvalue weighted by Crippen LogP contribution is 2.17. The Morgan fingerprint density at radius 2 is 1.86 bits per heavy atom. The number of benzene rings is 1. The van der Waals surface area contributed by atoms with Crippen LogP contribution in [0.3, 0.4) is 0 Å². The van der Waals surface area contributed by atoms with Crippen LogP contribution in [-0.2, 0) is 16.0 Å². The number of hydrogen-bond acceptors (Lipinski definition) is 4. The Morgan fingerprint density at radius 3 is 2.38 bits per heavy atom. The van der Waals surface area contributed by atoms with Crippen LogP contribution in [0.15, 0.2) is 24.3 Å². The summed E-state index contributed by atoms with van der Waals surface area (Å²) >= 11 is 0. The van der Waals surface area contributed by atoms with E-state index in [4.69, 9.17) is 15.2 Å². The van der Waals surface area contributed by atoms with Gasteiger partial charge in [0.25, 0.3) is 0 Å². The van der Waals surface area contributed by atoms with Crippen molar-refractivity contribution in [2.75, 3.05) is 6.61 Å². The molecule has 0 aliphatic rings. The quantitative estimate of drug-likeness (QED) is 0.711. The number of hydrogen-bond donors (Lipinski definition) is 1. The summed E-state index contributed by atoms with van der Waals surface area (Å²) in [6.45, 7) is 6.27. The van der Waals surface area contributed by atoms with Gasteiger partial charge in [-0.1, -0.05) is 32.4 Å². The summed E-state index contributed by atoms with van der Waals surface area (Å²) in [6, 6.07) is 7.96. The van der Waals surface area contributed by atoms with Crippen molar-refractivity contribution < 1.29 is 14.3 Å². The van der Waals surface area contributed by atoms with Crippen molar-refractivity contribution in [2.45, 2.75) is 58.6 Å². The van der Waals surface area contributed by atoms with Crippen molar-refractivity contribution in [3.8, 4) is 5.75 Å². The van der Waals surface area contributed by atoms with Crippen LogP contribution in [-0.4, -0.2) is 24.7 Å². The number of ether oxygens (including phenoxy) is 2. The Kier molecular flexibility index (Phi) is 7.83. The van der Waals surface area contributed by atoms with E-state index in [-0.39, 0.29) is 12.0 Å². The predicted octanol–water partition coefficient (Wildman–Crippen LogP) is 3.08. The number of carbonyl (C=O) groups excluding carboxylic acids is 1. The van der Waals surface area contributed by atoms with E-state index >= 15 is 0 Å². The zero-order valence-electron chi connectivity index (χ0n) is 13.3. The molecule has 2 atom stereocenters. The fourth-order valence-electron chi connectivity index (χ4n) is 2.04. The molecule has 2 N–H and O–H groups in total. The van der Waals surface area contributed by atoms with Crippen LogP contribution in [0.2, 0.25) is 0 Å². The third kappa shape index (κ3) is 6.17. The van der Waals surface area contributed by atoms with Crippen molar-refractivity contribution in [3.63, 3.8) is 0 Å². The van der Waals surface area contributed by atoms with Crippen molar-refractivity contribution in [1.82, 2.24) is 0 Å². The molecule has 0 radical (unpaired) electrons. The second kappa shape index (κ2) is 9.40. The monoisotopic (exact) mass is 293 g/mol. The van der Waals surface area contributed by atoms with E-state index in [9.17, 15) is 4.79 Å². The van der Waals surface area contributed by atoms with Gasteiger partial charge in [-0.3, -0.25) is 0 Å². The van der Waals surface area contributed by atoms with Gasteiger partial charge in [-0.25, -0.2) is 4.79 Å². The van der Waals surface area contributed by atoms with Crippen LogP contribution in [0, 0.1) is 0 Å². The van der Waals surface area contributed by atoms with E-state index < -0.39 is 6.10 Å². The Hall–Kier alpha value is -1.55. The lowest BCUT2D eigenvalue weighted by Gasteiger charge is -2.17. The average molecular weight is 293 g/mol. The number of nitrogens with two attached hydrogens (primary N) is 1. The highest BCUT2D eigenvalue weighted by molar-refractivity contribution is 5.75. The third-order valence-corrected chi connectivity index (χ3v) is 3.32. The minimum absolute atomic E-state index is 0.184. The summed E-state index contributed by atoms with van der Waals surface area (Å²) in [5.74, 6) is 0.395. The molecule has 1 rings (SSSR count). The normalized spacial score (nSPS) is 13.5. The van der Waals surface area contributed by atoms with Crippen LogP contribution in [0.25, 0.3) is 0 Å². The highest BCUT2D eigenvalue weighted by atomic mass is 16.6. The van der Waals surface area contributed by atoms with Crippen LogP contribution in [0.1, 0.15) is 45.6 Å². The molecule has 0 aliphatic heterocycles. The van der Waals surface area contributed by atoms with Crippen molar-refractivity contribution in [1.29, 1.82) is 0 Å². The van der Waals surface area contributed by atoms with Crippen molar-refractivity contribution in [2.24, 2.45) is 5.73 Å². The van der Waals surface area contributed by atoms with E-state index in [0.717, 1.165) is 19.3 Å². The molecule has 2 unspecified atom stereocenters. The molecular weight excluding hydrogens is 266 g/mol. The summed E-state index contributed by atoms with van der Waals surface area (Å²) < 4.78 is 10.8. The molecule has 0 spiro atoms. The van der Waals surface area contributed by atoms with E-state index in [2.05, 4.69) is 6.92 Å². The summed E-state index contributed by atoms with van der Waals surface area (Å²) in [7, 11) is 0. The number of rotatable bonds is 9. The van der Waals surface area contributed by atoms with Gasteiger partial charge in [0.15, 0.2) is 6.10 Å². The molecular formula is C17H27NO3. The minimum atomic E-state index is -0.529. The lowest BCUT2D eigenvalue weighted by molar-refractivity contribution is -0.151. The molecule has 0 amide bonds. The van der Waals surface area contributed by atoms with Crippen molar-refractivity contribution in [3.05, 3.63) is 29.8 Å². The van der Waals surface area contributed by atoms with Crippen LogP contribution >= 0.6 is 0 Å². The van der Waals surface area contributed by atoms with Crippen LogP contribution in [0.4, 0.5) is 0 Å². The Morgan fingerprint density at radius 1 is 1.19 bits per heavy atom. The Bertz CT molecular complexity index is 417. The van der Waals surface area contributed by atoms with E-state index in [1.54, 1.807) is 6.92 Å². The third-order valence-electron chi connectivity index (χ3n) is 3.32. The number of carbonyl (C=O) groups is 1. The highest BCUT2D eigenvalue weighted by Gasteiger charge is 2.20. The predicted molar refractivity (Wildman–Crippen MR) is 84.4 cm³/mol. The van der Waals surface area contributed by atoms with Gasteiger partial charge in [0.2, 0.25) is 0 Å². The molecule has 118 valence electrons. The number of esters is 1. The minimum Gasteiger partial charge on any atom is -0.479 e. The fourth-order valence-corrected chi connectivity index (χ4v) is 2.04. The summed E-state index contributed by atoms with van der Waals surface area (Å²) in [5, 5.41) is 0. The molecule has 0 saturated carbocycles. The van der Waals surface area contributed by atoms with Gasteiger partial charge >= 0.3 is 5.97 Å². The standard InChI is InChI=1S/C17H27NO3/c1-4-7-16(17(19)20-6-3)21-15-10-8-13(9-11-15)12-14(18)5-2/h8-11,14,16H,4-7,12,18H2,1-3H3. The van der Waals surface area contributed by atoms with Gasteiger partial charge in [0.1, 0.15) is 5.75 Å². The summed E-state index contributed by atoms with van der Waals surface area (Å²) in [4.78, 5) is 11.8. The smallest absolute Gasteiger partial charge is 0.347 e. The van der Waals surface area contributed by atoms with E-state index in [1.807, 2.05) is 31.2 Å². The first kappa shape index (κ1) is 17.5. The first-order valence-electron chi connectivity index (χ1n) is 7.78. The zero-order chi connectivity index (χ0) is 15.7. The molecule has 1 aromatic rings. The maximum atomic E-state index is 11.8. The lowest BCUT2D eigenvalue weighted by Crippen LogP contribution is -2.29. The Balaban J connectivity index is 2.65. The fraction of sp³-hybridized carbons (Fsp3) is 0.588. The van der Waals surface area contributed by atoms with Gasteiger partial charge in [-0.05, 0) is 43.9 Å². The molecule has 0 fully saturated rings. The van der Waals surface area contributed by atoms with Crippen molar-refractivity contribution >= 4 is 5.97 Å². The van der Waals surface area contributed by atoms with Gasteiger partial charge < -0.3 is 15.2 Å². The maximum absolute atomic E-state index is 11.8. The first-order valence-corrected chi connectivity index (χ1v) is 7.78. The van der Waals surface area contributed by atoms with Gasteiger partial charge in [-0.2, -0.15) is 0 Å². The molecule has 0 saturated heterocycles. The van der Waals surface area contributed by atoms with Gasteiger partial charge in [-0.15, -0.1) is 0 Å². The zero-order valence-corrected chi connectivity index (χ0v) is 13.3. The lowest BCUT2D eigenvalue weighted by atomic mass is 10.0. The Labute approximate surface area is 127 Å². The van der Waals surface area contributed by atoms with Crippen LogP contribution < -0.4 is 10.5 Å². The SMILES string of the molecule is CCCC(Oc1ccc(CC(N)CC)cc1)C(=O)OCC.